The van der Waals surface area contributed by atoms with E-state index in [1.54, 1.807) is 12.1 Å². The Balaban J connectivity index is 1.75. The zero-order valence-corrected chi connectivity index (χ0v) is 12.4. The number of carbonyl (C=O) groups is 1. The Morgan fingerprint density at radius 2 is 2.00 bits per heavy atom. The molecule has 1 unspecified atom stereocenters. The molecule has 2 amide bonds. The molecule has 1 aliphatic rings. The maximum Gasteiger partial charge on any atom is 0.315 e. The third kappa shape index (κ3) is 5.00. The van der Waals surface area contributed by atoms with E-state index in [0.29, 0.717) is 13.1 Å². The lowest BCUT2D eigenvalue weighted by Gasteiger charge is -2.11. The fourth-order valence-corrected chi connectivity index (χ4v) is 2.57. The van der Waals surface area contributed by atoms with Crippen LogP contribution in [0.3, 0.4) is 0 Å². The van der Waals surface area contributed by atoms with Crippen molar-refractivity contribution in [3.05, 3.63) is 29.8 Å². The second-order valence-electron chi connectivity index (χ2n) is 4.89. The summed E-state index contributed by atoms with van der Waals surface area (Å²) in [6, 6.07) is 5.77. The molecule has 0 aromatic heterocycles. The van der Waals surface area contributed by atoms with Crippen LogP contribution in [0.1, 0.15) is 18.4 Å². The molecule has 1 saturated heterocycles. The molecule has 1 aromatic carbocycles. The Labute approximate surface area is 123 Å². The van der Waals surface area contributed by atoms with Crippen LogP contribution in [0.5, 0.6) is 0 Å². The summed E-state index contributed by atoms with van der Waals surface area (Å²) in [4.78, 5) is 11.7. The molecule has 1 aliphatic heterocycles. The average Bonchev–Trinajstić information content (AvgIpc) is 2.95. The highest BCUT2D eigenvalue weighted by Crippen LogP contribution is 2.10. The molecule has 0 radical (unpaired) electrons. The van der Waals surface area contributed by atoms with Crippen molar-refractivity contribution in [2.45, 2.75) is 30.4 Å². The second-order valence-corrected chi connectivity index (χ2v) is 6.45. The minimum absolute atomic E-state index is 0.0501. The Morgan fingerprint density at radius 1 is 1.29 bits per heavy atom. The van der Waals surface area contributed by atoms with Gasteiger partial charge in [0.25, 0.3) is 0 Å². The molecular weight excluding hydrogens is 294 g/mol. The smallest absolute Gasteiger partial charge is 0.315 e. The van der Waals surface area contributed by atoms with Crippen molar-refractivity contribution < 1.29 is 17.9 Å². The number of ether oxygens (including phenoxy) is 1. The van der Waals surface area contributed by atoms with Crippen LogP contribution in [0.25, 0.3) is 0 Å². The van der Waals surface area contributed by atoms with Gasteiger partial charge < -0.3 is 15.4 Å². The van der Waals surface area contributed by atoms with Gasteiger partial charge in [0.1, 0.15) is 0 Å². The lowest BCUT2D eigenvalue weighted by molar-refractivity contribution is 0.111. The zero-order chi connectivity index (χ0) is 15.3. The van der Waals surface area contributed by atoms with Crippen molar-refractivity contribution in [2.24, 2.45) is 5.14 Å². The van der Waals surface area contributed by atoms with Crippen LogP contribution in [0.4, 0.5) is 4.79 Å². The first-order valence-electron chi connectivity index (χ1n) is 6.70. The van der Waals surface area contributed by atoms with Gasteiger partial charge in [-0.2, -0.15) is 0 Å². The lowest BCUT2D eigenvalue weighted by Crippen LogP contribution is -2.39. The number of urea groups is 1. The Morgan fingerprint density at radius 3 is 2.57 bits per heavy atom. The van der Waals surface area contributed by atoms with Gasteiger partial charge in [0, 0.05) is 19.7 Å². The number of nitrogens with one attached hydrogen (secondary N) is 2. The number of carbonyl (C=O) groups excluding carboxylic acids is 1. The molecule has 4 N–H and O–H groups in total. The molecule has 8 heteroatoms. The molecule has 1 fully saturated rings. The van der Waals surface area contributed by atoms with Crippen LogP contribution < -0.4 is 15.8 Å². The van der Waals surface area contributed by atoms with E-state index in [1.165, 1.54) is 12.1 Å². The Bertz CT molecular complexity index is 580. The van der Waals surface area contributed by atoms with E-state index in [2.05, 4.69) is 10.6 Å². The number of hydrogen-bond donors (Lipinski definition) is 3. The largest absolute Gasteiger partial charge is 0.376 e. The molecule has 1 aromatic rings. The molecule has 0 aliphatic carbocycles. The summed E-state index contributed by atoms with van der Waals surface area (Å²) >= 11 is 0. The number of primary sulfonamides is 1. The van der Waals surface area contributed by atoms with Gasteiger partial charge in [-0.1, -0.05) is 12.1 Å². The van der Waals surface area contributed by atoms with Gasteiger partial charge in [0.2, 0.25) is 10.0 Å². The monoisotopic (exact) mass is 313 g/mol. The van der Waals surface area contributed by atoms with E-state index in [4.69, 9.17) is 9.88 Å². The van der Waals surface area contributed by atoms with Gasteiger partial charge in [-0.25, -0.2) is 18.4 Å². The predicted molar refractivity (Wildman–Crippen MR) is 77.0 cm³/mol. The molecule has 0 bridgehead atoms. The van der Waals surface area contributed by atoms with Crippen molar-refractivity contribution >= 4 is 16.1 Å². The van der Waals surface area contributed by atoms with Gasteiger partial charge in [0.15, 0.2) is 0 Å². The minimum atomic E-state index is -3.68. The molecule has 0 saturated carbocycles. The first kappa shape index (κ1) is 15.7. The Kier molecular flexibility index (Phi) is 5.16. The third-order valence-electron chi connectivity index (χ3n) is 3.22. The first-order chi connectivity index (χ1) is 9.95. The van der Waals surface area contributed by atoms with Crippen LogP contribution in [0, 0.1) is 0 Å². The average molecular weight is 313 g/mol. The number of benzene rings is 1. The SMILES string of the molecule is NS(=O)(=O)c1ccc(CNC(=O)NCC2CCCO2)cc1. The highest BCUT2D eigenvalue weighted by molar-refractivity contribution is 7.89. The van der Waals surface area contributed by atoms with E-state index < -0.39 is 10.0 Å². The predicted octanol–water partition coefficient (Wildman–Crippen LogP) is 0.312. The van der Waals surface area contributed by atoms with Crippen molar-refractivity contribution in [1.29, 1.82) is 0 Å². The van der Waals surface area contributed by atoms with Gasteiger partial charge in [-0.05, 0) is 30.5 Å². The minimum Gasteiger partial charge on any atom is -0.376 e. The standard InChI is InChI=1S/C13H19N3O4S/c14-21(18,19)12-5-3-10(4-6-12)8-15-13(17)16-9-11-2-1-7-20-11/h3-6,11H,1-2,7-9H2,(H2,14,18,19)(H2,15,16,17). The van der Waals surface area contributed by atoms with Gasteiger partial charge in [0.05, 0.1) is 11.0 Å². The number of hydrogen-bond acceptors (Lipinski definition) is 4. The van der Waals surface area contributed by atoms with Crippen LogP contribution in [0.15, 0.2) is 29.2 Å². The highest BCUT2D eigenvalue weighted by Gasteiger charge is 2.15. The van der Waals surface area contributed by atoms with Crippen LogP contribution >= 0.6 is 0 Å². The fourth-order valence-electron chi connectivity index (χ4n) is 2.05. The summed E-state index contributed by atoms with van der Waals surface area (Å²) in [5.41, 5.74) is 0.787. The summed E-state index contributed by atoms with van der Waals surface area (Å²) in [5.74, 6) is 0. The van der Waals surface area contributed by atoms with Gasteiger partial charge >= 0.3 is 6.03 Å². The highest BCUT2D eigenvalue weighted by atomic mass is 32.2. The normalized spacial score (nSPS) is 18.4. The molecule has 116 valence electrons. The van der Waals surface area contributed by atoms with Crippen molar-refractivity contribution in [3.8, 4) is 0 Å². The van der Waals surface area contributed by atoms with E-state index in [9.17, 15) is 13.2 Å². The van der Waals surface area contributed by atoms with Gasteiger partial charge in [-0.15, -0.1) is 0 Å². The number of amides is 2. The molecule has 1 heterocycles. The Hall–Kier alpha value is -1.64. The topological polar surface area (TPSA) is 111 Å². The molecule has 21 heavy (non-hydrogen) atoms. The molecule has 2 rings (SSSR count). The number of sulfonamides is 1. The molecule has 1 atom stereocenters. The summed E-state index contributed by atoms with van der Waals surface area (Å²) in [6.45, 7) is 1.56. The summed E-state index contributed by atoms with van der Waals surface area (Å²) in [5, 5.41) is 10.4. The molecule has 7 nitrogen and oxygen atoms in total. The number of nitrogens with two attached hydrogens (primary N) is 1. The fraction of sp³-hybridized carbons (Fsp3) is 0.462. The lowest BCUT2D eigenvalue weighted by atomic mass is 10.2. The summed E-state index contributed by atoms with van der Waals surface area (Å²) in [7, 11) is -3.68. The summed E-state index contributed by atoms with van der Waals surface area (Å²) < 4.78 is 27.6. The van der Waals surface area contributed by atoms with Gasteiger partial charge in [-0.3, -0.25) is 0 Å². The summed E-state index contributed by atoms with van der Waals surface area (Å²) in [6.07, 6.45) is 2.10. The maximum atomic E-state index is 11.6. The third-order valence-corrected chi connectivity index (χ3v) is 4.15. The first-order valence-corrected chi connectivity index (χ1v) is 8.25. The van der Waals surface area contributed by atoms with Crippen molar-refractivity contribution in [3.63, 3.8) is 0 Å². The van der Waals surface area contributed by atoms with Crippen LogP contribution in [0.2, 0.25) is 0 Å². The second kappa shape index (κ2) is 6.88. The molecular formula is C13H19N3O4S. The zero-order valence-electron chi connectivity index (χ0n) is 11.5. The van der Waals surface area contributed by atoms with Crippen molar-refractivity contribution in [1.82, 2.24) is 10.6 Å². The molecule has 0 spiro atoms. The van der Waals surface area contributed by atoms with E-state index in [1.807, 2.05) is 0 Å². The van der Waals surface area contributed by atoms with E-state index in [-0.39, 0.29) is 17.0 Å². The quantitative estimate of drug-likeness (QED) is 0.726. The van der Waals surface area contributed by atoms with Crippen LogP contribution in [-0.2, 0) is 21.3 Å². The van der Waals surface area contributed by atoms with Crippen LogP contribution in [-0.4, -0.2) is 33.7 Å². The maximum absolute atomic E-state index is 11.6. The van der Waals surface area contributed by atoms with E-state index in [0.717, 1.165) is 25.0 Å². The van der Waals surface area contributed by atoms with E-state index >= 15 is 0 Å². The van der Waals surface area contributed by atoms with Crippen molar-refractivity contribution in [2.75, 3.05) is 13.2 Å². The number of rotatable bonds is 5.